The molecule has 10 aromatic carbocycles. The van der Waals surface area contributed by atoms with Crippen LogP contribution in [-0.4, -0.2) is 22.4 Å². The molecule has 3 aliphatic heterocycles. The van der Waals surface area contributed by atoms with Crippen molar-refractivity contribution >= 4 is 117 Å². The van der Waals surface area contributed by atoms with E-state index in [1.54, 1.807) is 0 Å². The van der Waals surface area contributed by atoms with E-state index in [2.05, 4.69) is 179 Å². The fourth-order valence-electron chi connectivity index (χ4n) is 12.1. The van der Waals surface area contributed by atoms with Gasteiger partial charge in [0.15, 0.2) is 0 Å². The summed E-state index contributed by atoms with van der Waals surface area (Å²) in [5.74, 6) is 0. The third kappa shape index (κ3) is 3.03. The molecular weight excluding hydrogens is 674 g/mol. The Hall–Kier alpha value is -7.03. The molecule has 5 heterocycles. The van der Waals surface area contributed by atoms with Crippen LogP contribution < -0.4 is 32.8 Å². The fraction of sp³-hybridized carbons (Fsp3) is 0. The minimum absolute atomic E-state index is 0.167. The van der Waals surface area contributed by atoms with Crippen molar-refractivity contribution in [2.24, 2.45) is 0 Å². The zero-order valence-electron chi connectivity index (χ0n) is 30.2. The van der Waals surface area contributed by atoms with Crippen molar-refractivity contribution < 1.29 is 0 Å². The van der Waals surface area contributed by atoms with Gasteiger partial charge in [-0.05, 0) is 68.1 Å². The van der Waals surface area contributed by atoms with Crippen LogP contribution >= 0.6 is 0 Å². The van der Waals surface area contributed by atoms with Crippen LogP contribution in [0.2, 0.25) is 0 Å². The summed E-state index contributed by atoms with van der Waals surface area (Å²) in [6.45, 7) is 0.336. The van der Waals surface area contributed by atoms with Gasteiger partial charge in [-0.25, -0.2) is 0 Å². The number of benzene rings is 10. The monoisotopic (exact) mass is 702 g/mol. The molecule has 0 unspecified atom stereocenters. The van der Waals surface area contributed by atoms with Crippen LogP contribution in [-0.2, 0) is 0 Å². The van der Waals surface area contributed by atoms with E-state index in [1.807, 2.05) is 0 Å². The molecule has 2 nitrogen and oxygen atoms in total. The molecule has 0 spiro atoms. The van der Waals surface area contributed by atoms with Gasteiger partial charge in [0.2, 0.25) is 13.4 Å². The molecule has 0 N–H and O–H groups in total. The number of rotatable bonds is 1. The molecule has 0 bridgehead atoms. The summed E-state index contributed by atoms with van der Waals surface area (Å²) in [5, 5.41) is 10.7. The van der Waals surface area contributed by atoms with Crippen molar-refractivity contribution in [2.45, 2.75) is 0 Å². The lowest BCUT2D eigenvalue weighted by molar-refractivity contribution is 1.15. The lowest BCUT2D eigenvalue weighted by Gasteiger charge is -2.32. The van der Waals surface area contributed by atoms with Gasteiger partial charge in [-0.15, -0.1) is 0 Å². The van der Waals surface area contributed by atoms with E-state index in [9.17, 15) is 0 Å². The molecule has 0 saturated carbocycles. The number of hydrogen-bond acceptors (Lipinski definition) is 0. The Morgan fingerprint density at radius 3 is 1.48 bits per heavy atom. The Morgan fingerprint density at radius 1 is 0.304 bits per heavy atom. The van der Waals surface area contributed by atoms with Crippen molar-refractivity contribution in [1.29, 1.82) is 0 Å². The molecule has 0 aliphatic carbocycles. The van der Waals surface area contributed by atoms with Crippen molar-refractivity contribution in [1.82, 2.24) is 8.97 Å². The Kier molecular flexibility index (Phi) is 4.87. The standard InChI is InChI=1S/C52H28B2N2/c1-2-13-29(14-3-1)55-43-26-12-18-35-32-17-6-9-25-42(32)56(50(35)43)52-39-22-11-20-37-45(39)44-36(19-10-21-38(44)51(52)55)48-49(37)54-41-24-8-5-16-31(41)34-28-27-33-30-15-4-7-23-40(30)53(48)46(33)47(34)54/h1-28H. The Morgan fingerprint density at radius 2 is 0.804 bits per heavy atom. The Balaban J connectivity index is 1.25. The van der Waals surface area contributed by atoms with Crippen LogP contribution in [0.25, 0.3) is 98.6 Å². The van der Waals surface area contributed by atoms with Gasteiger partial charge in [0, 0.05) is 27.2 Å². The van der Waals surface area contributed by atoms with E-state index in [0.29, 0.717) is 0 Å². The zero-order valence-corrected chi connectivity index (χ0v) is 30.2. The van der Waals surface area contributed by atoms with Crippen molar-refractivity contribution in [3.63, 3.8) is 0 Å². The largest absolute Gasteiger partial charge is 0.306 e. The number of aromatic nitrogens is 2. The number of para-hydroxylation sites is 3. The first-order valence-corrected chi connectivity index (χ1v) is 19.9. The molecule has 0 saturated heterocycles. The molecule has 3 aliphatic rings. The van der Waals surface area contributed by atoms with E-state index < -0.39 is 0 Å². The third-order valence-electron chi connectivity index (χ3n) is 13.9. The lowest BCUT2D eigenvalue weighted by atomic mass is 9.22. The normalized spacial score (nSPS) is 13.6. The first-order valence-electron chi connectivity index (χ1n) is 19.9. The van der Waals surface area contributed by atoms with Gasteiger partial charge in [0.05, 0.1) is 27.6 Å². The molecule has 12 aromatic rings. The van der Waals surface area contributed by atoms with Crippen LogP contribution in [0.5, 0.6) is 0 Å². The van der Waals surface area contributed by atoms with E-state index >= 15 is 0 Å². The van der Waals surface area contributed by atoms with Gasteiger partial charge >= 0.3 is 0 Å². The van der Waals surface area contributed by atoms with Crippen LogP contribution in [0.3, 0.4) is 0 Å². The summed E-state index contributed by atoms with van der Waals surface area (Å²) in [6, 6.07) is 64.6. The topological polar surface area (TPSA) is 9.34 Å². The number of nitrogens with zero attached hydrogens (tertiary/aromatic N) is 2. The predicted molar refractivity (Wildman–Crippen MR) is 240 cm³/mol. The average Bonchev–Trinajstić information content (AvgIpc) is 3.90. The van der Waals surface area contributed by atoms with E-state index in [0.717, 1.165) is 0 Å². The van der Waals surface area contributed by atoms with Gasteiger partial charge in [0.25, 0.3) is 0 Å². The molecular formula is C52H28B2N2. The van der Waals surface area contributed by atoms with E-state index in [1.165, 1.54) is 131 Å². The zero-order chi connectivity index (χ0) is 36.0. The highest BCUT2D eigenvalue weighted by Gasteiger charge is 2.50. The highest BCUT2D eigenvalue weighted by Crippen LogP contribution is 2.46. The second-order valence-corrected chi connectivity index (χ2v) is 16.2. The maximum Gasteiger partial charge on any atom is 0.242 e. The number of fused-ring (bicyclic) bond motifs is 18. The van der Waals surface area contributed by atoms with Crippen LogP contribution in [0, 0.1) is 0 Å². The molecule has 2 aromatic heterocycles. The molecule has 0 fully saturated rings. The smallest absolute Gasteiger partial charge is 0.242 e. The van der Waals surface area contributed by atoms with Gasteiger partial charge in [-0.1, -0.05) is 178 Å². The quantitative estimate of drug-likeness (QED) is 0.0924. The van der Waals surface area contributed by atoms with Crippen molar-refractivity contribution in [3.8, 4) is 27.9 Å². The molecule has 56 heavy (non-hydrogen) atoms. The molecule has 252 valence electrons. The summed E-state index contributed by atoms with van der Waals surface area (Å²) in [5.41, 5.74) is 21.9. The average molecular weight is 702 g/mol. The second kappa shape index (κ2) is 9.60. The van der Waals surface area contributed by atoms with Gasteiger partial charge in [0.1, 0.15) is 0 Å². The SMILES string of the molecule is c1ccc(-n2c3cccc4c5ccccc5n(c43)c3c4cccc5c6c(c7cccc(c7c54)c32)B2c3ccccc3-c3ccc4c(c32)B6c2ccccc2-4)cc1. The number of hydrogen-bond donors (Lipinski definition) is 0. The second-order valence-electron chi connectivity index (χ2n) is 16.2. The van der Waals surface area contributed by atoms with Gasteiger partial charge < -0.3 is 8.97 Å². The van der Waals surface area contributed by atoms with Gasteiger partial charge in [-0.3, -0.25) is 0 Å². The summed E-state index contributed by atoms with van der Waals surface area (Å²) >= 11 is 0. The molecule has 0 atom stereocenters. The van der Waals surface area contributed by atoms with Crippen LogP contribution in [0.15, 0.2) is 170 Å². The summed E-state index contributed by atoms with van der Waals surface area (Å²) < 4.78 is 5.16. The molecule has 15 rings (SSSR count). The van der Waals surface area contributed by atoms with Crippen molar-refractivity contribution in [3.05, 3.63) is 170 Å². The Bertz CT molecular complexity index is 3780. The van der Waals surface area contributed by atoms with E-state index in [-0.39, 0.29) is 13.4 Å². The summed E-state index contributed by atoms with van der Waals surface area (Å²) in [7, 11) is 0. The third-order valence-corrected chi connectivity index (χ3v) is 13.9. The highest BCUT2D eigenvalue weighted by molar-refractivity contribution is 7.16. The maximum absolute atomic E-state index is 2.60. The minimum Gasteiger partial charge on any atom is -0.306 e. The molecule has 0 radical (unpaired) electrons. The molecule has 4 heteroatoms. The van der Waals surface area contributed by atoms with E-state index in [4.69, 9.17) is 0 Å². The lowest BCUT2D eigenvalue weighted by Crippen LogP contribution is -2.72. The predicted octanol–water partition coefficient (Wildman–Crippen LogP) is 8.39. The maximum atomic E-state index is 2.60. The first-order chi connectivity index (χ1) is 27.9. The highest BCUT2D eigenvalue weighted by atomic mass is 15.0. The minimum atomic E-state index is 0.167. The van der Waals surface area contributed by atoms with Crippen LogP contribution in [0.1, 0.15) is 0 Å². The first kappa shape index (κ1) is 28.4. The van der Waals surface area contributed by atoms with Crippen LogP contribution in [0.4, 0.5) is 0 Å². The Labute approximate surface area is 322 Å². The summed E-state index contributed by atoms with van der Waals surface area (Å²) in [6.07, 6.45) is 0. The van der Waals surface area contributed by atoms with Gasteiger partial charge in [-0.2, -0.15) is 0 Å². The summed E-state index contributed by atoms with van der Waals surface area (Å²) in [4.78, 5) is 0. The fourth-order valence-corrected chi connectivity index (χ4v) is 12.1. The molecule has 0 amide bonds. The van der Waals surface area contributed by atoms with Crippen molar-refractivity contribution in [2.75, 3.05) is 0 Å².